The number of allylic oxidation sites excluding steroid dienone is 4. The Morgan fingerprint density at radius 3 is 1.77 bits per heavy atom. The largest absolute Gasteiger partial charge is 0.501 e. The van der Waals surface area contributed by atoms with E-state index in [0.29, 0.717) is 23.7 Å². The minimum atomic E-state index is -0.806. The van der Waals surface area contributed by atoms with Crippen molar-refractivity contribution in [2.45, 2.75) is 38.9 Å². The lowest BCUT2D eigenvalue weighted by atomic mass is 10.1. The predicted octanol–water partition coefficient (Wildman–Crippen LogP) is 3.16. The Labute approximate surface area is 176 Å². The third kappa shape index (κ3) is 7.35. The van der Waals surface area contributed by atoms with E-state index < -0.39 is 24.1 Å². The molecule has 0 fully saturated rings. The molecule has 1 aliphatic carbocycles. The maximum Gasteiger partial charge on any atom is 0.347 e. The Bertz CT molecular complexity index is 766. The topological polar surface area (TPSA) is 89.5 Å². The van der Waals surface area contributed by atoms with Crippen LogP contribution < -0.4 is 9.47 Å². The first-order valence-corrected chi connectivity index (χ1v) is 9.67. The van der Waals surface area contributed by atoms with Gasteiger partial charge in [0.25, 0.3) is 0 Å². The minimum Gasteiger partial charge on any atom is -0.501 e. The van der Waals surface area contributed by atoms with Crippen LogP contribution in [0.3, 0.4) is 0 Å². The van der Waals surface area contributed by atoms with Crippen LogP contribution in [0, 0.1) is 0 Å². The molecule has 1 aliphatic rings. The van der Waals surface area contributed by atoms with E-state index >= 15 is 0 Å². The van der Waals surface area contributed by atoms with Gasteiger partial charge in [-0.3, -0.25) is 0 Å². The fourth-order valence-corrected chi connectivity index (χ4v) is 2.57. The molecule has 2 atom stereocenters. The molecule has 1 aromatic rings. The number of hydrogen-bond acceptors (Lipinski definition) is 8. The summed E-state index contributed by atoms with van der Waals surface area (Å²) in [7, 11) is 3.18. The van der Waals surface area contributed by atoms with Gasteiger partial charge in [0.1, 0.15) is 24.7 Å². The monoisotopic (exact) mass is 420 g/mol. The Morgan fingerprint density at radius 1 is 0.767 bits per heavy atom. The van der Waals surface area contributed by atoms with Crippen LogP contribution in [0.2, 0.25) is 0 Å². The number of methoxy groups -OCH3 is 2. The zero-order chi connectivity index (χ0) is 21.9. The SMILES string of the molecule is COC1=CC=C(OC(C)C(=O)OCCOC(=O)C(C)Oc2ccc(OC)cc2)CC1. The van der Waals surface area contributed by atoms with Crippen LogP contribution in [0.5, 0.6) is 11.5 Å². The molecule has 1 aromatic carbocycles. The van der Waals surface area contributed by atoms with Gasteiger partial charge in [-0.15, -0.1) is 0 Å². The summed E-state index contributed by atoms with van der Waals surface area (Å²) in [5.41, 5.74) is 0. The van der Waals surface area contributed by atoms with Crippen LogP contribution in [0.15, 0.2) is 47.9 Å². The molecular weight excluding hydrogens is 392 g/mol. The first-order valence-electron chi connectivity index (χ1n) is 9.67. The third-order valence-electron chi connectivity index (χ3n) is 4.27. The Hall–Kier alpha value is -3.16. The standard InChI is InChI=1S/C22H28O8/c1-15(29-19-9-5-17(25-3)6-10-19)21(23)27-13-14-28-22(24)16(2)30-20-11-7-18(26-4)8-12-20/h5-7,9-11,15-16H,8,12-14H2,1-4H3. The maximum atomic E-state index is 12.0. The van der Waals surface area contributed by atoms with Crippen molar-refractivity contribution in [3.05, 3.63) is 47.9 Å². The van der Waals surface area contributed by atoms with E-state index in [1.54, 1.807) is 58.4 Å². The van der Waals surface area contributed by atoms with Crippen LogP contribution >= 0.6 is 0 Å². The first-order chi connectivity index (χ1) is 14.4. The van der Waals surface area contributed by atoms with E-state index in [1.807, 2.05) is 6.08 Å². The summed E-state index contributed by atoms with van der Waals surface area (Å²) >= 11 is 0. The minimum absolute atomic E-state index is 0.0691. The van der Waals surface area contributed by atoms with Gasteiger partial charge in [-0.1, -0.05) is 0 Å². The number of carbonyl (C=O) groups excluding carboxylic acids is 2. The Morgan fingerprint density at radius 2 is 1.27 bits per heavy atom. The lowest BCUT2D eigenvalue weighted by molar-refractivity contribution is -0.161. The van der Waals surface area contributed by atoms with Gasteiger partial charge in [-0.25, -0.2) is 9.59 Å². The lowest BCUT2D eigenvalue weighted by Gasteiger charge is -2.19. The van der Waals surface area contributed by atoms with E-state index in [2.05, 4.69) is 0 Å². The highest BCUT2D eigenvalue weighted by Crippen LogP contribution is 2.21. The van der Waals surface area contributed by atoms with E-state index in [-0.39, 0.29) is 13.2 Å². The van der Waals surface area contributed by atoms with Crippen molar-refractivity contribution < 1.29 is 38.0 Å². The quantitative estimate of drug-likeness (QED) is 0.398. The van der Waals surface area contributed by atoms with Crippen molar-refractivity contribution >= 4 is 11.9 Å². The molecule has 8 heteroatoms. The molecule has 0 amide bonds. The molecule has 2 rings (SSSR count). The number of benzene rings is 1. The van der Waals surface area contributed by atoms with E-state index in [4.69, 9.17) is 28.4 Å². The molecule has 30 heavy (non-hydrogen) atoms. The summed E-state index contributed by atoms with van der Waals surface area (Å²) in [4.78, 5) is 24.0. The average Bonchev–Trinajstić information content (AvgIpc) is 2.77. The molecular formula is C22H28O8. The molecule has 0 heterocycles. The van der Waals surface area contributed by atoms with Gasteiger partial charge < -0.3 is 28.4 Å². The van der Waals surface area contributed by atoms with Gasteiger partial charge in [0.05, 0.1) is 25.7 Å². The second-order valence-electron chi connectivity index (χ2n) is 6.50. The summed E-state index contributed by atoms with van der Waals surface area (Å²) in [6.07, 6.45) is 3.39. The molecule has 0 saturated heterocycles. The van der Waals surface area contributed by atoms with Crippen LogP contribution in [0.1, 0.15) is 26.7 Å². The number of hydrogen-bond donors (Lipinski definition) is 0. The van der Waals surface area contributed by atoms with Gasteiger partial charge in [0.2, 0.25) is 0 Å². The van der Waals surface area contributed by atoms with Crippen molar-refractivity contribution in [3.8, 4) is 11.5 Å². The molecule has 0 spiro atoms. The second kappa shape index (κ2) is 11.7. The molecule has 8 nitrogen and oxygen atoms in total. The van der Waals surface area contributed by atoms with Crippen molar-refractivity contribution in [3.63, 3.8) is 0 Å². The van der Waals surface area contributed by atoms with Crippen LogP contribution in [0.4, 0.5) is 0 Å². The molecule has 0 aliphatic heterocycles. The first kappa shape index (κ1) is 23.1. The van der Waals surface area contributed by atoms with Gasteiger partial charge in [-0.05, 0) is 50.3 Å². The fourth-order valence-electron chi connectivity index (χ4n) is 2.57. The number of carbonyl (C=O) groups is 2. The molecule has 0 radical (unpaired) electrons. The zero-order valence-corrected chi connectivity index (χ0v) is 17.7. The predicted molar refractivity (Wildman–Crippen MR) is 108 cm³/mol. The van der Waals surface area contributed by atoms with Gasteiger partial charge >= 0.3 is 11.9 Å². The normalized spacial score (nSPS) is 15.1. The summed E-state index contributed by atoms with van der Waals surface area (Å²) in [6, 6.07) is 6.84. The molecule has 0 bridgehead atoms. The molecule has 164 valence electrons. The number of rotatable bonds is 11. The highest BCUT2D eigenvalue weighted by molar-refractivity contribution is 5.75. The van der Waals surface area contributed by atoms with E-state index in [0.717, 1.165) is 12.2 Å². The van der Waals surface area contributed by atoms with Gasteiger partial charge in [0, 0.05) is 12.8 Å². The zero-order valence-electron chi connectivity index (χ0n) is 17.7. The Kier molecular flexibility index (Phi) is 9.05. The Balaban J connectivity index is 1.65. The number of ether oxygens (including phenoxy) is 6. The van der Waals surface area contributed by atoms with E-state index in [9.17, 15) is 9.59 Å². The summed E-state index contributed by atoms with van der Waals surface area (Å²) in [5, 5.41) is 0. The number of esters is 2. The van der Waals surface area contributed by atoms with Crippen molar-refractivity contribution in [2.75, 3.05) is 27.4 Å². The van der Waals surface area contributed by atoms with Crippen LogP contribution in [-0.4, -0.2) is 51.6 Å². The van der Waals surface area contributed by atoms with E-state index in [1.165, 1.54) is 0 Å². The highest BCUT2D eigenvalue weighted by Gasteiger charge is 2.20. The fraction of sp³-hybridized carbons (Fsp3) is 0.455. The van der Waals surface area contributed by atoms with Crippen LogP contribution in [0.25, 0.3) is 0 Å². The average molecular weight is 420 g/mol. The van der Waals surface area contributed by atoms with Crippen molar-refractivity contribution in [1.82, 2.24) is 0 Å². The summed E-state index contributed by atoms with van der Waals surface area (Å²) in [6.45, 7) is 3.04. The van der Waals surface area contributed by atoms with Crippen molar-refractivity contribution in [2.24, 2.45) is 0 Å². The molecule has 2 unspecified atom stereocenters. The summed E-state index contributed by atoms with van der Waals surface area (Å²) < 4.78 is 31.5. The van der Waals surface area contributed by atoms with Gasteiger partial charge in [0.15, 0.2) is 12.2 Å². The van der Waals surface area contributed by atoms with Gasteiger partial charge in [-0.2, -0.15) is 0 Å². The highest BCUT2D eigenvalue weighted by atomic mass is 16.6. The lowest BCUT2D eigenvalue weighted by Crippen LogP contribution is -2.29. The summed E-state index contributed by atoms with van der Waals surface area (Å²) in [5.74, 6) is 1.67. The van der Waals surface area contributed by atoms with Crippen LogP contribution in [-0.2, 0) is 28.5 Å². The molecule has 0 saturated carbocycles. The van der Waals surface area contributed by atoms with Crippen molar-refractivity contribution in [1.29, 1.82) is 0 Å². The maximum absolute atomic E-state index is 12.0. The second-order valence-corrected chi connectivity index (χ2v) is 6.50. The molecule has 0 aromatic heterocycles. The third-order valence-corrected chi connectivity index (χ3v) is 4.27. The molecule has 0 N–H and O–H groups in total. The smallest absolute Gasteiger partial charge is 0.347 e.